The number of nitrogens with one attached hydrogen (secondary N) is 1. The molecule has 0 saturated heterocycles. The minimum atomic E-state index is 0.168. The van der Waals surface area contributed by atoms with Gasteiger partial charge in [0.1, 0.15) is 0 Å². The van der Waals surface area contributed by atoms with Gasteiger partial charge in [-0.3, -0.25) is 4.79 Å². The fourth-order valence-corrected chi connectivity index (χ4v) is 1.87. The van der Waals surface area contributed by atoms with Gasteiger partial charge in [-0.1, -0.05) is 36.8 Å². The maximum absolute atomic E-state index is 11.5. The Balaban J connectivity index is 2.47. The molecule has 0 heterocycles. The van der Waals surface area contributed by atoms with Crippen LogP contribution in [0.5, 0.6) is 0 Å². The molecule has 1 N–H and O–H groups in total. The first-order valence-corrected chi connectivity index (χ1v) is 6.54. The molecule has 0 bridgehead atoms. The third kappa shape index (κ3) is 4.49. The van der Waals surface area contributed by atoms with Crippen LogP contribution in [0.15, 0.2) is 24.3 Å². The molecule has 100 valence electrons. The second-order valence-electron chi connectivity index (χ2n) is 4.86. The number of carbonyl (C=O) groups is 1. The van der Waals surface area contributed by atoms with Gasteiger partial charge in [0.15, 0.2) is 0 Å². The summed E-state index contributed by atoms with van der Waals surface area (Å²) in [6, 6.07) is 8.91. The van der Waals surface area contributed by atoms with Crippen LogP contribution in [0.3, 0.4) is 0 Å². The van der Waals surface area contributed by atoms with Crippen LogP contribution in [0.2, 0.25) is 0 Å². The van der Waals surface area contributed by atoms with Crippen molar-refractivity contribution in [3.63, 3.8) is 0 Å². The normalized spacial score (nSPS) is 12.2. The second kappa shape index (κ2) is 7.17. The molecular formula is C15H24N2O. The number of carbonyl (C=O) groups excluding carboxylic acids is 1. The van der Waals surface area contributed by atoms with Crippen LogP contribution in [0, 0.1) is 6.92 Å². The van der Waals surface area contributed by atoms with E-state index in [0.29, 0.717) is 12.5 Å². The highest BCUT2D eigenvalue weighted by Crippen LogP contribution is 2.16. The molecule has 1 unspecified atom stereocenters. The van der Waals surface area contributed by atoms with E-state index in [1.165, 1.54) is 11.1 Å². The fourth-order valence-electron chi connectivity index (χ4n) is 1.87. The van der Waals surface area contributed by atoms with Crippen LogP contribution < -0.4 is 5.32 Å². The van der Waals surface area contributed by atoms with E-state index in [1.54, 1.807) is 19.0 Å². The fraction of sp³-hybridized carbons (Fsp3) is 0.533. The van der Waals surface area contributed by atoms with Gasteiger partial charge >= 0.3 is 0 Å². The van der Waals surface area contributed by atoms with Crippen molar-refractivity contribution < 1.29 is 4.79 Å². The van der Waals surface area contributed by atoms with E-state index in [1.807, 2.05) is 0 Å². The summed E-state index contributed by atoms with van der Waals surface area (Å²) in [7, 11) is 3.58. The number of aryl methyl sites for hydroxylation is 1. The zero-order valence-electron chi connectivity index (χ0n) is 11.9. The molecule has 0 aliphatic heterocycles. The van der Waals surface area contributed by atoms with Gasteiger partial charge in [-0.15, -0.1) is 0 Å². The third-order valence-corrected chi connectivity index (χ3v) is 3.12. The quantitative estimate of drug-likeness (QED) is 0.839. The first kappa shape index (κ1) is 14.7. The summed E-state index contributed by atoms with van der Waals surface area (Å²) >= 11 is 0. The predicted molar refractivity (Wildman–Crippen MR) is 75.5 cm³/mol. The van der Waals surface area contributed by atoms with Gasteiger partial charge in [-0.25, -0.2) is 0 Å². The van der Waals surface area contributed by atoms with Crippen molar-refractivity contribution in [2.75, 3.05) is 20.6 Å². The molecule has 0 saturated carbocycles. The molecule has 1 atom stereocenters. The average Bonchev–Trinajstić information content (AvgIpc) is 2.35. The Morgan fingerprint density at radius 1 is 1.28 bits per heavy atom. The number of nitrogens with zero attached hydrogens (tertiary/aromatic N) is 1. The molecule has 0 fully saturated rings. The Bertz CT molecular complexity index is 371. The van der Waals surface area contributed by atoms with E-state index in [4.69, 9.17) is 0 Å². The van der Waals surface area contributed by atoms with Crippen LogP contribution in [-0.4, -0.2) is 31.4 Å². The van der Waals surface area contributed by atoms with Gasteiger partial charge < -0.3 is 10.2 Å². The highest BCUT2D eigenvalue weighted by atomic mass is 16.2. The molecule has 1 rings (SSSR count). The van der Waals surface area contributed by atoms with Gasteiger partial charge in [-0.05, 0) is 18.9 Å². The van der Waals surface area contributed by atoms with Crippen LogP contribution in [0.25, 0.3) is 0 Å². The molecule has 0 spiro atoms. The van der Waals surface area contributed by atoms with Gasteiger partial charge in [0.25, 0.3) is 0 Å². The molecule has 3 nitrogen and oxygen atoms in total. The molecule has 1 aromatic carbocycles. The predicted octanol–water partition coefficient (Wildman–Crippen LogP) is 2.51. The first-order valence-electron chi connectivity index (χ1n) is 6.54. The van der Waals surface area contributed by atoms with E-state index in [9.17, 15) is 4.79 Å². The number of hydrogen-bond acceptors (Lipinski definition) is 2. The Labute approximate surface area is 110 Å². The Hall–Kier alpha value is -1.35. The van der Waals surface area contributed by atoms with Gasteiger partial charge in [0.2, 0.25) is 5.91 Å². The van der Waals surface area contributed by atoms with Crippen molar-refractivity contribution >= 4 is 5.91 Å². The first-order chi connectivity index (χ1) is 8.54. The summed E-state index contributed by atoms with van der Waals surface area (Å²) in [5, 5.41) is 3.44. The zero-order chi connectivity index (χ0) is 13.5. The van der Waals surface area contributed by atoms with Crippen LogP contribution in [-0.2, 0) is 4.79 Å². The van der Waals surface area contributed by atoms with Crippen LogP contribution in [0.1, 0.15) is 36.9 Å². The average molecular weight is 248 g/mol. The number of rotatable bonds is 6. The maximum atomic E-state index is 11.5. The molecule has 0 aliphatic carbocycles. The van der Waals surface area contributed by atoms with E-state index < -0.39 is 0 Å². The molecule has 0 aromatic heterocycles. The van der Waals surface area contributed by atoms with Crippen LogP contribution in [0.4, 0.5) is 0 Å². The van der Waals surface area contributed by atoms with Crippen molar-refractivity contribution in [3.8, 4) is 0 Å². The largest absolute Gasteiger partial charge is 0.349 e. The second-order valence-corrected chi connectivity index (χ2v) is 4.86. The molecule has 1 aromatic rings. The van der Waals surface area contributed by atoms with Crippen molar-refractivity contribution in [3.05, 3.63) is 35.4 Å². The number of hydrogen-bond donors (Lipinski definition) is 1. The van der Waals surface area contributed by atoms with E-state index in [2.05, 4.69) is 43.4 Å². The SMILES string of the molecule is CCC(NCCC(=O)N(C)C)c1ccc(C)cc1. The van der Waals surface area contributed by atoms with Crippen LogP contribution >= 0.6 is 0 Å². The lowest BCUT2D eigenvalue weighted by atomic mass is 10.0. The summed E-state index contributed by atoms with van der Waals surface area (Å²) < 4.78 is 0. The summed E-state index contributed by atoms with van der Waals surface area (Å²) in [5.74, 6) is 0.168. The van der Waals surface area contributed by atoms with Crippen molar-refractivity contribution in [1.82, 2.24) is 10.2 Å². The number of amides is 1. The topological polar surface area (TPSA) is 32.3 Å². The summed E-state index contributed by atoms with van der Waals surface area (Å²) in [6.45, 7) is 4.97. The van der Waals surface area contributed by atoms with Crippen molar-refractivity contribution in [2.24, 2.45) is 0 Å². The maximum Gasteiger partial charge on any atom is 0.223 e. The molecule has 0 radical (unpaired) electrons. The standard InChI is InChI=1S/C15H24N2O/c1-5-14(13-8-6-12(2)7-9-13)16-11-10-15(18)17(3)4/h6-9,14,16H,5,10-11H2,1-4H3. The summed E-state index contributed by atoms with van der Waals surface area (Å²) in [6.07, 6.45) is 1.58. The van der Waals surface area contributed by atoms with E-state index in [-0.39, 0.29) is 5.91 Å². The summed E-state index contributed by atoms with van der Waals surface area (Å²) in [5.41, 5.74) is 2.57. The Morgan fingerprint density at radius 2 is 1.89 bits per heavy atom. The molecular weight excluding hydrogens is 224 g/mol. The minimum Gasteiger partial charge on any atom is -0.349 e. The molecule has 0 aliphatic rings. The minimum absolute atomic E-state index is 0.168. The number of benzene rings is 1. The van der Waals surface area contributed by atoms with Crippen molar-refractivity contribution in [1.29, 1.82) is 0 Å². The summed E-state index contributed by atoms with van der Waals surface area (Å²) in [4.78, 5) is 13.1. The lowest BCUT2D eigenvalue weighted by molar-refractivity contribution is -0.128. The van der Waals surface area contributed by atoms with Gasteiger partial charge in [0.05, 0.1) is 0 Å². The zero-order valence-corrected chi connectivity index (χ0v) is 11.9. The Morgan fingerprint density at radius 3 is 2.39 bits per heavy atom. The van der Waals surface area contributed by atoms with E-state index >= 15 is 0 Å². The smallest absolute Gasteiger partial charge is 0.223 e. The van der Waals surface area contributed by atoms with Gasteiger partial charge in [0, 0.05) is 33.1 Å². The molecule has 1 amide bonds. The third-order valence-electron chi connectivity index (χ3n) is 3.12. The molecule has 18 heavy (non-hydrogen) atoms. The Kier molecular flexibility index (Phi) is 5.86. The highest BCUT2D eigenvalue weighted by Gasteiger charge is 2.09. The van der Waals surface area contributed by atoms with Gasteiger partial charge in [-0.2, -0.15) is 0 Å². The lowest BCUT2D eigenvalue weighted by Crippen LogP contribution is -2.28. The van der Waals surface area contributed by atoms with Crippen molar-refractivity contribution in [2.45, 2.75) is 32.7 Å². The monoisotopic (exact) mass is 248 g/mol. The highest BCUT2D eigenvalue weighted by molar-refractivity contribution is 5.75. The van der Waals surface area contributed by atoms with E-state index in [0.717, 1.165) is 13.0 Å². The molecule has 3 heteroatoms. The lowest BCUT2D eigenvalue weighted by Gasteiger charge is -2.18.